The van der Waals surface area contributed by atoms with Crippen LogP contribution in [0.4, 0.5) is 4.39 Å². The lowest BCUT2D eigenvalue weighted by molar-refractivity contribution is 0.101. The number of ketones is 1. The van der Waals surface area contributed by atoms with Crippen LogP contribution in [0.1, 0.15) is 17.3 Å². The highest BCUT2D eigenvalue weighted by Gasteiger charge is 2.08. The molecule has 1 nitrogen and oxygen atoms in total. The fourth-order valence-electron chi connectivity index (χ4n) is 2.33. The first kappa shape index (κ1) is 15.5. The van der Waals surface area contributed by atoms with Gasteiger partial charge in [0.2, 0.25) is 0 Å². The Morgan fingerprint density at radius 1 is 0.913 bits per heavy atom. The van der Waals surface area contributed by atoms with Gasteiger partial charge in [-0.15, -0.1) is 0 Å². The highest BCUT2D eigenvalue weighted by atomic mass is 32.2. The van der Waals surface area contributed by atoms with Crippen molar-refractivity contribution in [3.8, 4) is 11.1 Å². The zero-order chi connectivity index (χ0) is 16.2. The lowest BCUT2D eigenvalue weighted by Gasteiger charge is -2.10. The molecule has 3 aromatic carbocycles. The van der Waals surface area contributed by atoms with Crippen molar-refractivity contribution in [2.45, 2.75) is 16.7 Å². The van der Waals surface area contributed by atoms with Crippen LogP contribution in [-0.4, -0.2) is 5.78 Å². The third-order valence-corrected chi connectivity index (χ3v) is 4.59. The zero-order valence-corrected chi connectivity index (χ0v) is 13.4. The van der Waals surface area contributed by atoms with Gasteiger partial charge in [-0.25, -0.2) is 4.39 Å². The van der Waals surface area contributed by atoms with Crippen LogP contribution in [0, 0.1) is 5.82 Å². The Labute approximate surface area is 139 Å². The van der Waals surface area contributed by atoms with Crippen LogP contribution in [0.25, 0.3) is 11.1 Å². The van der Waals surface area contributed by atoms with E-state index in [0.717, 1.165) is 20.9 Å². The lowest BCUT2D eigenvalue weighted by Crippen LogP contribution is -1.92. The Bertz CT molecular complexity index is 840. The molecule has 0 atom stereocenters. The molecule has 0 saturated heterocycles. The molecule has 0 aromatic heterocycles. The molecule has 114 valence electrons. The summed E-state index contributed by atoms with van der Waals surface area (Å²) in [7, 11) is 0. The minimum absolute atomic E-state index is 0.0514. The smallest absolute Gasteiger partial charge is 0.159 e. The molecule has 0 bridgehead atoms. The maximum absolute atomic E-state index is 13.0. The summed E-state index contributed by atoms with van der Waals surface area (Å²) in [5, 5.41) is 0. The number of Topliss-reactive ketones (excluding diaryl/α,β-unsaturated/α-hetero) is 1. The fraction of sp³-hybridized carbons (Fsp3) is 0.0500. The van der Waals surface area contributed by atoms with Crippen molar-refractivity contribution < 1.29 is 9.18 Å². The molecule has 3 rings (SSSR count). The van der Waals surface area contributed by atoms with Crippen molar-refractivity contribution in [2.24, 2.45) is 0 Å². The summed E-state index contributed by atoms with van der Waals surface area (Å²) in [6.07, 6.45) is 0. The van der Waals surface area contributed by atoms with Crippen LogP contribution in [0.2, 0.25) is 0 Å². The number of hydrogen-bond acceptors (Lipinski definition) is 2. The summed E-state index contributed by atoms with van der Waals surface area (Å²) in [5.74, 6) is -0.188. The van der Waals surface area contributed by atoms with E-state index >= 15 is 0 Å². The molecule has 0 amide bonds. The number of carbonyl (C=O) groups is 1. The van der Waals surface area contributed by atoms with Crippen LogP contribution in [0.15, 0.2) is 82.6 Å². The molecular weight excluding hydrogens is 307 g/mol. The maximum Gasteiger partial charge on any atom is 0.159 e. The van der Waals surface area contributed by atoms with Crippen LogP contribution in [-0.2, 0) is 0 Å². The largest absolute Gasteiger partial charge is 0.295 e. The Morgan fingerprint density at radius 3 is 2.39 bits per heavy atom. The predicted molar refractivity (Wildman–Crippen MR) is 92.4 cm³/mol. The zero-order valence-electron chi connectivity index (χ0n) is 12.6. The molecule has 0 aliphatic carbocycles. The average molecular weight is 322 g/mol. The molecule has 0 unspecified atom stereocenters. The second-order valence-corrected chi connectivity index (χ2v) is 6.30. The van der Waals surface area contributed by atoms with Gasteiger partial charge in [-0.1, -0.05) is 48.2 Å². The quantitative estimate of drug-likeness (QED) is 0.561. The van der Waals surface area contributed by atoms with Crippen LogP contribution in [0.3, 0.4) is 0 Å². The van der Waals surface area contributed by atoms with Gasteiger partial charge < -0.3 is 0 Å². The summed E-state index contributed by atoms with van der Waals surface area (Å²) in [6, 6.07) is 22.1. The Balaban J connectivity index is 1.99. The first-order chi connectivity index (χ1) is 11.1. The third kappa shape index (κ3) is 3.69. The summed E-state index contributed by atoms with van der Waals surface area (Å²) < 4.78 is 13.0. The van der Waals surface area contributed by atoms with E-state index in [2.05, 4.69) is 0 Å². The molecule has 0 aliphatic rings. The van der Waals surface area contributed by atoms with Crippen molar-refractivity contribution >= 4 is 17.5 Å². The standard InChI is InChI=1S/C20H15FOS/c1-14(22)15-5-4-6-16(13-15)19-7-2-3-8-20(19)23-18-11-9-17(21)10-12-18/h2-13H,1H3. The Kier molecular flexibility index (Phi) is 4.58. The minimum atomic E-state index is -0.239. The van der Waals surface area contributed by atoms with Gasteiger partial charge in [0, 0.05) is 15.4 Å². The van der Waals surface area contributed by atoms with E-state index in [1.807, 2.05) is 48.5 Å². The summed E-state index contributed by atoms with van der Waals surface area (Å²) in [6.45, 7) is 1.57. The molecule has 0 radical (unpaired) electrons. The van der Waals surface area contributed by atoms with Crippen molar-refractivity contribution in [2.75, 3.05) is 0 Å². The number of halogens is 1. The van der Waals surface area contributed by atoms with E-state index in [4.69, 9.17) is 0 Å². The van der Waals surface area contributed by atoms with Crippen LogP contribution >= 0.6 is 11.8 Å². The summed E-state index contributed by atoms with van der Waals surface area (Å²) in [4.78, 5) is 13.6. The maximum atomic E-state index is 13.0. The van der Waals surface area contributed by atoms with E-state index in [0.29, 0.717) is 5.56 Å². The van der Waals surface area contributed by atoms with Crippen molar-refractivity contribution in [1.29, 1.82) is 0 Å². The summed E-state index contributed by atoms with van der Waals surface area (Å²) in [5.41, 5.74) is 2.76. The monoisotopic (exact) mass is 322 g/mol. The highest BCUT2D eigenvalue weighted by Crippen LogP contribution is 2.36. The molecule has 23 heavy (non-hydrogen) atoms. The van der Waals surface area contributed by atoms with E-state index in [9.17, 15) is 9.18 Å². The van der Waals surface area contributed by atoms with Crippen molar-refractivity contribution in [1.82, 2.24) is 0 Å². The van der Waals surface area contributed by atoms with Gasteiger partial charge in [-0.05, 0) is 54.4 Å². The van der Waals surface area contributed by atoms with Crippen molar-refractivity contribution in [3.63, 3.8) is 0 Å². The highest BCUT2D eigenvalue weighted by molar-refractivity contribution is 7.99. The lowest BCUT2D eigenvalue weighted by atomic mass is 10.0. The second-order valence-electron chi connectivity index (χ2n) is 5.19. The van der Waals surface area contributed by atoms with E-state index < -0.39 is 0 Å². The number of carbonyl (C=O) groups excluding carboxylic acids is 1. The molecule has 0 aliphatic heterocycles. The van der Waals surface area contributed by atoms with E-state index in [-0.39, 0.29) is 11.6 Å². The van der Waals surface area contributed by atoms with Gasteiger partial charge in [0.1, 0.15) is 5.82 Å². The molecule has 3 aromatic rings. The van der Waals surface area contributed by atoms with Gasteiger partial charge in [0.25, 0.3) is 0 Å². The van der Waals surface area contributed by atoms with Crippen LogP contribution < -0.4 is 0 Å². The van der Waals surface area contributed by atoms with Crippen molar-refractivity contribution in [3.05, 3.63) is 84.2 Å². The Morgan fingerprint density at radius 2 is 1.65 bits per heavy atom. The summed E-state index contributed by atoms with van der Waals surface area (Å²) >= 11 is 1.58. The third-order valence-electron chi connectivity index (χ3n) is 3.51. The SMILES string of the molecule is CC(=O)c1cccc(-c2ccccc2Sc2ccc(F)cc2)c1. The van der Waals surface area contributed by atoms with Gasteiger partial charge in [-0.2, -0.15) is 0 Å². The second kappa shape index (κ2) is 6.80. The first-order valence-electron chi connectivity index (χ1n) is 7.27. The average Bonchev–Trinajstić information content (AvgIpc) is 2.57. The normalized spacial score (nSPS) is 10.5. The van der Waals surface area contributed by atoms with Gasteiger partial charge in [-0.3, -0.25) is 4.79 Å². The molecule has 0 heterocycles. The number of hydrogen-bond donors (Lipinski definition) is 0. The minimum Gasteiger partial charge on any atom is -0.295 e. The van der Waals surface area contributed by atoms with Gasteiger partial charge >= 0.3 is 0 Å². The molecule has 0 spiro atoms. The van der Waals surface area contributed by atoms with Crippen LogP contribution in [0.5, 0.6) is 0 Å². The molecule has 3 heteroatoms. The molecular formula is C20H15FOS. The number of rotatable bonds is 4. The van der Waals surface area contributed by atoms with Gasteiger partial charge in [0.05, 0.1) is 0 Å². The molecule has 0 saturated carbocycles. The first-order valence-corrected chi connectivity index (χ1v) is 8.09. The topological polar surface area (TPSA) is 17.1 Å². The predicted octanol–water partition coefficient (Wildman–Crippen LogP) is 5.85. The Hall–Kier alpha value is -2.39. The molecule has 0 N–H and O–H groups in total. The van der Waals surface area contributed by atoms with E-state index in [1.165, 1.54) is 12.1 Å². The fourth-order valence-corrected chi connectivity index (χ4v) is 3.30. The van der Waals surface area contributed by atoms with E-state index in [1.54, 1.807) is 30.8 Å². The molecule has 0 fully saturated rings. The van der Waals surface area contributed by atoms with Gasteiger partial charge in [0.15, 0.2) is 5.78 Å². The number of benzene rings is 3.